The number of nitrogens with zero attached hydrogens (tertiary/aromatic N) is 3. The number of nitrogens with one attached hydrogen (secondary N) is 1. The zero-order valence-electron chi connectivity index (χ0n) is 16.4. The number of carbonyl (C=O) groups excluding carboxylic acids is 2. The SMILES string of the molecule is CCCC(=O)NC1CCCN(C(=O)c2cc(C)n(-c3cccnc3)c2C)C1. The number of pyridine rings is 1. The molecule has 1 aliphatic heterocycles. The fraction of sp³-hybridized carbons (Fsp3) is 0.476. The number of aromatic nitrogens is 2. The topological polar surface area (TPSA) is 67.2 Å². The number of rotatable bonds is 5. The van der Waals surface area contributed by atoms with Gasteiger partial charge in [-0.1, -0.05) is 6.92 Å². The summed E-state index contributed by atoms with van der Waals surface area (Å²) in [6.07, 6.45) is 6.75. The molecule has 2 amide bonds. The van der Waals surface area contributed by atoms with Crippen molar-refractivity contribution in [1.29, 1.82) is 0 Å². The van der Waals surface area contributed by atoms with Crippen molar-refractivity contribution in [3.63, 3.8) is 0 Å². The summed E-state index contributed by atoms with van der Waals surface area (Å²) in [5.74, 6) is 0.110. The lowest BCUT2D eigenvalue weighted by Gasteiger charge is -2.33. The van der Waals surface area contributed by atoms with Gasteiger partial charge in [-0.15, -0.1) is 0 Å². The summed E-state index contributed by atoms with van der Waals surface area (Å²) >= 11 is 0. The second-order valence-corrected chi connectivity index (χ2v) is 7.24. The quantitative estimate of drug-likeness (QED) is 0.882. The monoisotopic (exact) mass is 368 g/mol. The van der Waals surface area contributed by atoms with Crippen molar-refractivity contribution in [2.45, 2.75) is 52.5 Å². The minimum Gasteiger partial charge on any atom is -0.352 e. The minimum atomic E-state index is 0.0349. The maximum Gasteiger partial charge on any atom is 0.255 e. The van der Waals surface area contributed by atoms with Crippen LogP contribution in [0.15, 0.2) is 30.6 Å². The number of likely N-dealkylation sites (tertiary alicyclic amines) is 1. The number of hydrogen-bond acceptors (Lipinski definition) is 3. The summed E-state index contributed by atoms with van der Waals surface area (Å²) in [6.45, 7) is 7.27. The minimum absolute atomic E-state index is 0.0349. The molecule has 0 radical (unpaired) electrons. The number of carbonyl (C=O) groups is 2. The summed E-state index contributed by atoms with van der Waals surface area (Å²) in [5, 5.41) is 3.07. The molecule has 27 heavy (non-hydrogen) atoms. The molecule has 1 atom stereocenters. The summed E-state index contributed by atoms with van der Waals surface area (Å²) in [6, 6.07) is 5.87. The van der Waals surface area contributed by atoms with Gasteiger partial charge in [0.15, 0.2) is 0 Å². The van der Waals surface area contributed by atoms with Gasteiger partial charge in [-0.05, 0) is 51.3 Å². The van der Waals surface area contributed by atoms with E-state index in [1.165, 1.54) is 0 Å². The molecule has 0 saturated carbocycles. The second kappa shape index (κ2) is 8.37. The van der Waals surface area contributed by atoms with Gasteiger partial charge in [-0.2, -0.15) is 0 Å². The normalized spacial score (nSPS) is 17.0. The first-order valence-corrected chi connectivity index (χ1v) is 9.69. The highest BCUT2D eigenvalue weighted by atomic mass is 16.2. The van der Waals surface area contributed by atoms with E-state index in [0.717, 1.165) is 48.4 Å². The second-order valence-electron chi connectivity index (χ2n) is 7.24. The molecule has 0 aromatic carbocycles. The molecule has 144 valence electrons. The Hall–Kier alpha value is -2.63. The van der Waals surface area contributed by atoms with E-state index >= 15 is 0 Å². The molecule has 1 N–H and O–H groups in total. The first-order chi connectivity index (χ1) is 13.0. The van der Waals surface area contributed by atoms with Gasteiger partial charge in [-0.25, -0.2) is 0 Å². The van der Waals surface area contributed by atoms with Gasteiger partial charge < -0.3 is 14.8 Å². The Balaban J connectivity index is 1.77. The average molecular weight is 368 g/mol. The molecule has 1 saturated heterocycles. The fourth-order valence-corrected chi connectivity index (χ4v) is 3.84. The number of aryl methyl sites for hydroxylation is 1. The van der Waals surface area contributed by atoms with E-state index in [-0.39, 0.29) is 17.9 Å². The predicted molar refractivity (Wildman–Crippen MR) is 105 cm³/mol. The summed E-state index contributed by atoms with van der Waals surface area (Å²) in [5.41, 5.74) is 3.60. The van der Waals surface area contributed by atoms with Crippen LogP contribution in [0.5, 0.6) is 0 Å². The number of piperidine rings is 1. The van der Waals surface area contributed by atoms with Crippen molar-refractivity contribution >= 4 is 11.8 Å². The van der Waals surface area contributed by atoms with E-state index in [9.17, 15) is 9.59 Å². The predicted octanol–water partition coefficient (Wildman–Crippen LogP) is 3.01. The molecule has 0 aliphatic carbocycles. The highest BCUT2D eigenvalue weighted by Gasteiger charge is 2.27. The van der Waals surface area contributed by atoms with Crippen LogP contribution in [0.2, 0.25) is 0 Å². The molecule has 0 spiro atoms. The fourth-order valence-electron chi connectivity index (χ4n) is 3.84. The van der Waals surface area contributed by atoms with Gasteiger partial charge in [0.25, 0.3) is 5.91 Å². The molecule has 6 heteroatoms. The lowest BCUT2D eigenvalue weighted by molar-refractivity contribution is -0.122. The first kappa shape index (κ1) is 19.1. The van der Waals surface area contributed by atoms with Gasteiger partial charge in [0.2, 0.25) is 5.91 Å². The van der Waals surface area contributed by atoms with E-state index in [0.29, 0.717) is 13.0 Å². The number of hydrogen-bond donors (Lipinski definition) is 1. The van der Waals surface area contributed by atoms with E-state index in [1.807, 2.05) is 43.9 Å². The molecule has 3 rings (SSSR count). The van der Waals surface area contributed by atoms with E-state index < -0.39 is 0 Å². The van der Waals surface area contributed by atoms with Crippen molar-refractivity contribution in [3.05, 3.63) is 47.5 Å². The number of amides is 2. The first-order valence-electron chi connectivity index (χ1n) is 9.69. The van der Waals surface area contributed by atoms with Crippen LogP contribution in [-0.2, 0) is 4.79 Å². The molecular weight excluding hydrogens is 340 g/mol. The Morgan fingerprint density at radius 2 is 2.15 bits per heavy atom. The van der Waals surface area contributed by atoms with Crippen LogP contribution < -0.4 is 5.32 Å². The van der Waals surface area contributed by atoms with Gasteiger partial charge >= 0.3 is 0 Å². The highest BCUT2D eigenvalue weighted by Crippen LogP contribution is 2.23. The molecule has 2 aromatic rings. The average Bonchev–Trinajstić information content (AvgIpc) is 2.96. The van der Waals surface area contributed by atoms with Crippen LogP contribution in [0.25, 0.3) is 5.69 Å². The summed E-state index contributed by atoms with van der Waals surface area (Å²) in [4.78, 5) is 31.1. The van der Waals surface area contributed by atoms with Gasteiger partial charge in [0.05, 0.1) is 17.4 Å². The van der Waals surface area contributed by atoms with Gasteiger partial charge in [0.1, 0.15) is 0 Å². The standard InChI is InChI=1S/C21H28N4O2/c1-4-7-20(26)23-17-8-6-11-24(14-17)21(27)19-12-15(2)25(16(19)3)18-9-5-10-22-13-18/h5,9-10,12-13,17H,4,6-8,11,14H2,1-3H3,(H,23,26). The Bertz CT molecular complexity index is 813. The maximum atomic E-state index is 13.2. The van der Waals surface area contributed by atoms with E-state index in [1.54, 1.807) is 12.4 Å². The summed E-state index contributed by atoms with van der Waals surface area (Å²) in [7, 11) is 0. The van der Waals surface area contributed by atoms with Crippen LogP contribution in [0, 0.1) is 13.8 Å². The molecule has 2 aromatic heterocycles. The van der Waals surface area contributed by atoms with Crippen LogP contribution >= 0.6 is 0 Å². The molecule has 6 nitrogen and oxygen atoms in total. The van der Waals surface area contributed by atoms with Crippen LogP contribution in [0.4, 0.5) is 0 Å². The third-order valence-corrected chi connectivity index (χ3v) is 5.12. The van der Waals surface area contributed by atoms with Crippen LogP contribution in [0.3, 0.4) is 0 Å². The Kier molecular flexibility index (Phi) is 5.94. The van der Waals surface area contributed by atoms with Crippen molar-refractivity contribution in [1.82, 2.24) is 19.8 Å². The van der Waals surface area contributed by atoms with Crippen LogP contribution in [-0.4, -0.2) is 45.4 Å². The van der Waals surface area contributed by atoms with Crippen molar-refractivity contribution in [2.24, 2.45) is 0 Å². The van der Waals surface area contributed by atoms with Gasteiger partial charge in [0, 0.05) is 43.1 Å². The maximum absolute atomic E-state index is 13.2. The molecule has 1 unspecified atom stereocenters. The van der Waals surface area contributed by atoms with Crippen molar-refractivity contribution < 1.29 is 9.59 Å². The largest absolute Gasteiger partial charge is 0.352 e. The zero-order chi connectivity index (χ0) is 19.4. The molecule has 1 aliphatic rings. The third kappa shape index (κ3) is 4.21. The summed E-state index contributed by atoms with van der Waals surface area (Å²) < 4.78 is 2.06. The van der Waals surface area contributed by atoms with E-state index in [4.69, 9.17) is 0 Å². The molecule has 0 bridgehead atoms. The molecule has 3 heterocycles. The van der Waals surface area contributed by atoms with Gasteiger partial charge in [-0.3, -0.25) is 14.6 Å². The Morgan fingerprint density at radius 1 is 1.33 bits per heavy atom. The Morgan fingerprint density at radius 3 is 2.85 bits per heavy atom. The van der Waals surface area contributed by atoms with Crippen LogP contribution in [0.1, 0.15) is 54.4 Å². The lowest BCUT2D eigenvalue weighted by atomic mass is 10.0. The highest BCUT2D eigenvalue weighted by molar-refractivity contribution is 5.96. The molecule has 1 fully saturated rings. The smallest absolute Gasteiger partial charge is 0.255 e. The lowest BCUT2D eigenvalue weighted by Crippen LogP contribution is -2.49. The molecular formula is C21H28N4O2. The zero-order valence-corrected chi connectivity index (χ0v) is 16.4. The van der Waals surface area contributed by atoms with Crippen molar-refractivity contribution in [3.8, 4) is 5.69 Å². The Labute approximate surface area is 160 Å². The third-order valence-electron chi connectivity index (χ3n) is 5.12. The van der Waals surface area contributed by atoms with E-state index in [2.05, 4.69) is 14.9 Å². The van der Waals surface area contributed by atoms with Crippen molar-refractivity contribution in [2.75, 3.05) is 13.1 Å².